The fourth-order valence-corrected chi connectivity index (χ4v) is 1.99. The summed E-state index contributed by atoms with van der Waals surface area (Å²) in [7, 11) is 0. The van der Waals surface area contributed by atoms with E-state index in [-0.39, 0.29) is 0 Å². The Bertz CT molecular complexity index is 581. The SMILES string of the molecule is N#Cc1c(-c2ccc(Cl)cc2Cl)c[nH]c1N. The van der Waals surface area contributed by atoms with E-state index in [0.29, 0.717) is 27.0 Å². The smallest absolute Gasteiger partial charge is 0.119 e. The van der Waals surface area contributed by atoms with Gasteiger partial charge in [-0.2, -0.15) is 5.26 Å². The van der Waals surface area contributed by atoms with E-state index >= 15 is 0 Å². The molecule has 0 amide bonds. The van der Waals surface area contributed by atoms with Crippen molar-refractivity contribution in [1.82, 2.24) is 4.98 Å². The maximum absolute atomic E-state index is 8.98. The van der Waals surface area contributed by atoms with E-state index in [2.05, 4.69) is 4.98 Å². The van der Waals surface area contributed by atoms with Crippen molar-refractivity contribution in [3.63, 3.8) is 0 Å². The predicted octanol–water partition coefficient (Wildman–Crippen LogP) is 3.44. The second-order valence-electron chi connectivity index (χ2n) is 3.23. The van der Waals surface area contributed by atoms with Gasteiger partial charge in [-0.3, -0.25) is 0 Å². The molecule has 0 aliphatic rings. The van der Waals surface area contributed by atoms with Gasteiger partial charge in [0.25, 0.3) is 0 Å². The number of nitrogens with zero attached hydrogens (tertiary/aromatic N) is 1. The molecule has 0 aliphatic heterocycles. The highest BCUT2D eigenvalue weighted by molar-refractivity contribution is 6.36. The molecule has 1 aromatic heterocycles. The molecule has 0 bridgehead atoms. The van der Waals surface area contributed by atoms with Crippen LogP contribution in [0.5, 0.6) is 0 Å². The molecule has 0 spiro atoms. The van der Waals surface area contributed by atoms with E-state index in [1.54, 1.807) is 24.4 Å². The minimum Gasteiger partial charge on any atom is -0.384 e. The monoisotopic (exact) mass is 251 g/mol. The molecular weight excluding hydrogens is 245 g/mol. The standard InChI is InChI=1S/C11H7Cl2N3/c12-6-1-2-7(10(13)3-6)9-5-16-11(15)8(9)4-14/h1-3,5,16H,15H2. The number of rotatable bonds is 1. The van der Waals surface area contributed by atoms with Crippen molar-refractivity contribution in [3.8, 4) is 17.2 Å². The maximum Gasteiger partial charge on any atom is 0.119 e. The van der Waals surface area contributed by atoms with Crippen LogP contribution in [0.3, 0.4) is 0 Å². The lowest BCUT2D eigenvalue weighted by Crippen LogP contribution is -1.88. The van der Waals surface area contributed by atoms with Crippen LogP contribution in [0, 0.1) is 11.3 Å². The third-order valence-corrected chi connectivity index (χ3v) is 2.79. The fourth-order valence-electron chi connectivity index (χ4n) is 1.48. The van der Waals surface area contributed by atoms with E-state index in [0.717, 1.165) is 5.56 Å². The molecule has 0 fully saturated rings. The summed E-state index contributed by atoms with van der Waals surface area (Å²) in [6.07, 6.45) is 1.66. The number of aromatic amines is 1. The van der Waals surface area contributed by atoms with Gasteiger partial charge in [0.05, 0.1) is 0 Å². The lowest BCUT2D eigenvalue weighted by atomic mass is 10.1. The van der Waals surface area contributed by atoms with Gasteiger partial charge in [-0.25, -0.2) is 0 Å². The quantitative estimate of drug-likeness (QED) is 0.816. The minimum absolute atomic E-state index is 0.337. The van der Waals surface area contributed by atoms with Crippen LogP contribution in [-0.4, -0.2) is 4.98 Å². The van der Waals surface area contributed by atoms with Gasteiger partial charge < -0.3 is 10.7 Å². The lowest BCUT2D eigenvalue weighted by molar-refractivity contribution is 1.40. The van der Waals surface area contributed by atoms with E-state index in [1.807, 2.05) is 6.07 Å². The third kappa shape index (κ3) is 1.73. The van der Waals surface area contributed by atoms with Crippen molar-refractivity contribution < 1.29 is 0 Å². The van der Waals surface area contributed by atoms with Crippen LogP contribution >= 0.6 is 23.2 Å². The molecule has 0 atom stereocenters. The number of anilines is 1. The summed E-state index contributed by atoms with van der Waals surface area (Å²) in [5.74, 6) is 0.337. The van der Waals surface area contributed by atoms with Gasteiger partial charge in [0.2, 0.25) is 0 Å². The van der Waals surface area contributed by atoms with Crippen molar-refractivity contribution >= 4 is 29.0 Å². The summed E-state index contributed by atoms with van der Waals surface area (Å²) in [5.41, 5.74) is 7.43. The molecule has 0 radical (unpaired) electrons. The lowest BCUT2D eigenvalue weighted by Gasteiger charge is -2.02. The summed E-state index contributed by atoms with van der Waals surface area (Å²) in [6, 6.07) is 7.14. The molecule has 80 valence electrons. The Hall–Kier alpha value is -1.63. The molecular formula is C11H7Cl2N3. The number of hydrogen-bond donors (Lipinski definition) is 2. The van der Waals surface area contributed by atoms with Gasteiger partial charge in [-0.1, -0.05) is 29.3 Å². The normalized spacial score (nSPS) is 10.1. The topological polar surface area (TPSA) is 65.6 Å². The molecule has 2 rings (SSSR count). The fraction of sp³-hybridized carbons (Fsp3) is 0. The van der Waals surface area contributed by atoms with Gasteiger partial charge in [0.15, 0.2) is 0 Å². The number of nitriles is 1. The molecule has 5 heteroatoms. The van der Waals surface area contributed by atoms with Crippen molar-refractivity contribution in [2.45, 2.75) is 0 Å². The molecule has 1 heterocycles. The van der Waals surface area contributed by atoms with Crippen LogP contribution in [0.15, 0.2) is 24.4 Å². The maximum atomic E-state index is 8.98. The highest BCUT2D eigenvalue weighted by atomic mass is 35.5. The number of nitrogens with two attached hydrogens (primary N) is 1. The van der Waals surface area contributed by atoms with Gasteiger partial charge >= 0.3 is 0 Å². The summed E-state index contributed by atoms with van der Waals surface area (Å²) in [5, 5.41) is 10.0. The van der Waals surface area contributed by atoms with Crippen LogP contribution in [0.25, 0.3) is 11.1 Å². The molecule has 3 nitrogen and oxygen atoms in total. The third-order valence-electron chi connectivity index (χ3n) is 2.24. The van der Waals surface area contributed by atoms with Gasteiger partial charge in [0.1, 0.15) is 17.5 Å². The van der Waals surface area contributed by atoms with E-state index in [9.17, 15) is 0 Å². The Morgan fingerprint density at radius 3 is 2.62 bits per heavy atom. The number of nitrogens with one attached hydrogen (secondary N) is 1. The van der Waals surface area contributed by atoms with Crippen LogP contribution < -0.4 is 5.73 Å². The number of hydrogen-bond acceptors (Lipinski definition) is 2. The van der Waals surface area contributed by atoms with Gasteiger partial charge in [0, 0.05) is 27.4 Å². The number of H-pyrrole nitrogens is 1. The average Bonchev–Trinajstić information content (AvgIpc) is 2.59. The van der Waals surface area contributed by atoms with Crippen molar-refractivity contribution in [2.75, 3.05) is 5.73 Å². The molecule has 0 saturated carbocycles. The Morgan fingerprint density at radius 2 is 2.00 bits per heavy atom. The van der Waals surface area contributed by atoms with Crippen LogP contribution in [-0.2, 0) is 0 Å². The Morgan fingerprint density at radius 1 is 1.25 bits per heavy atom. The Kier molecular flexibility index (Phi) is 2.78. The van der Waals surface area contributed by atoms with Crippen molar-refractivity contribution in [2.24, 2.45) is 0 Å². The predicted molar refractivity (Wildman–Crippen MR) is 65.4 cm³/mol. The van der Waals surface area contributed by atoms with Crippen LogP contribution in [0.1, 0.15) is 5.56 Å². The highest BCUT2D eigenvalue weighted by Crippen LogP contribution is 2.34. The number of nitrogen functional groups attached to an aromatic ring is 1. The number of aromatic nitrogens is 1. The molecule has 2 aromatic rings. The zero-order valence-electron chi connectivity index (χ0n) is 8.09. The molecule has 3 N–H and O–H groups in total. The van der Waals surface area contributed by atoms with Gasteiger partial charge in [-0.15, -0.1) is 0 Å². The number of halogens is 2. The number of benzene rings is 1. The summed E-state index contributed by atoms with van der Waals surface area (Å²) in [4.78, 5) is 2.79. The second-order valence-corrected chi connectivity index (χ2v) is 4.07. The second kappa shape index (κ2) is 4.09. The molecule has 0 aliphatic carbocycles. The first-order valence-corrected chi connectivity index (χ1v) is 5.21. The summed E-state index contributed by atoms with van der Waals surface area (Å²) >= 11 is 11.9. The molecule has 0 unspecified atom stereocenters. The molecule has 0 saturated heterocycles. The van der Waals surface area contributed by atoms with Crippen LogP contribution in [0.2, 0.25) is 10.0 Å². The van der Waals surface area contributed by atoms with Crippen molar-refractivity contribution in [1.29, 1.82) is 5.26 Å². The van der Waals surface area contributed by atoms with E-state index in [1.165, 1.54) is 0 Å². The Balaban J connectivity index is 2.64. The first-order chi connectivity index (χ1) is 7.63. The first kappa shape index (κ1) is 10.9. The molecule has 16 heavy (non-hydrogen) atoms. The zero-order chi connectivity index (χ0) is 11.7. The molecule has 1 aromatic carbocycles. The minimum atomic E-state index is 0.337. The van der Waals surface area contributed by atoms with Crippen molar-refractivity contribution in [3.05, 3.63) is 40.0 Å². The summed E-state index contributed by atoms with van der Waals surface area (Å²) in [6.45, 7) is 0. The summed E-state index contributed by atoms with van der Waals surface area (Å²) < 4.78 is 0. The highest BCUT2D eigenvalue weighted by Gasteiger charge is 2.13. The van der Waals surface area contributed by atoms with Gasteiger partial charge in [-0.05, 0) is 12.1 Å². The Labute approximate surface area is 102 Å². The largest absolute Gasteiger partial charge is 0.384 e. The van der Waals surface area contributed by atoms with Crippen LogP contribution in [0.4, 0.5) is 5.82 Å². The van der Waals surface area contributed by atoms with E-state index < -0.39 is 0 Å². The zero-order valence-corrected chi connectivity index (χ0v) is 9.60. The van der Waals surface area contributed by atoms with E-state index in [4.69, 9.17) is 34.2 Å². The average molecular weight is 252 g/mol. The first-order valence-electron chi connectivity index (χ1n) is 4.46.